The Bertz CT molecular complexity index is 438. The summed E-state index contributed by atoms with van der Waals surface area (Å²) in [5.74, 6) is 0. The third kappa shape index (κ3) is 1.22. The quantitative estimate of drug-likeness (QED) is 0.774. The molecule has 0 fully saturated rings. The highest BCUT2D eigenvalue weighted by Crippen LogP contribution is 2.31. The third-order valence-corrected chi connectivity index (χ3v) is 2.62. The molecule has 0 aliphatic carbocycles. The summed E-state index contributed by atoms with van der Waals surface area (Å²) < 4.78 is 0.777. The van der Waals surface area contributed by atoms with Crippen LogP contribution in [0.5, 0.6) is 0 Å². The molecular formula is C7H3BrCl2N2. The molecule has 0 radical (unpaired) electrons. The van der Waals surface area contributed by atoms with E-state index in [0.29, 0.717) is 10.0 Å². The van der Waals surface area contributed by atoms with Crippen LogP contribution in [0.15, 0.2) is 16.7 Å². The third-order valence-electron chi connectivity index (χ3n) is 1.53. The maximum atomic E-state index is 5.93. The molecule has 1 aromatic heterocycles. The van der Waals surface area contributed by atoms with Gasteiger partial charge in [0.25, 0.3) is 0 Å². The Morgan fingerprint density at radius 3 is 2.83 bits per heavy atom. The van der Waals surface area contributed by atoms with E-state index >= 15 is 0 Å². The normalized spacial score (nSPS) is 10.9. The van der Waals surface area contributed by atoms with Crippen LogP contribution in [0.4, 0.5) is 0 Å². The van der Waals surface area contributed by atoms with Gasteiger partial charge in [0.05, 0.1) is 15.9 Å². The van der Waals surface area contributed by atoms with Gasteiger partial charge in [-0.3, -0.25) is 5.10 Å². The Hall–Kier alpha value is -0.250. The van der Waals surface area contributed by atoms with Crippen molar-refractivity contribution in [2.24, 2.45) is 0 Å². The van der Waals surface area contributed by atoms with Crippen LogP contribution in [-0.4, -0.2) is 10.2 Å². The molecule has 2 aromatic rings. The number of nitrogens with one attached hydrogen (secondary N) is 1. The van der Waals surface area contributed by atoms with Crippen LogP contribution >= 0.6 is 39.1 Å². The zero-order chi connectivity index (χ0) is 8.72. The highest BCUT2D eigenvalue weighted by atomic mass is 79.9. The molecule has 0 unspecified atom stereocenters. The Kier molecular flexibility index (Phi) is 2.02. The first-order chi connectivity index (χ1) is 5.68. The number of halogens is 3. The summed E-state index contributed by atoms with van der Waals surface area (Å²) >= 11 is 15.0. The average Bonchev–Trinajstić information content (AvgIpc) is 2.31. The number of aromatic amines is 1. The van der Waals surface area contributed by atoms with E-state index in [0.717, 1.165) is 15.5 Å². The summed E-state index contributed by atoms with van der Waals surface area (Å²) in [5, 5.41) is 8.81. The van der Waals surface area contributed by atoms with E-state index in [1.165, 1.54) is 0 Å². The van der Waals surface area contributed by atoms with Crippen molar-refractivity contribution in [3.63, 3.8) is 0 Å². The average molecular weight is 266 g/mol. The second-order valence-corrected chi connectivity index (χ2v) is 3.96. The first-order valence-electron chi connectivity index (χ1n) is 3.17. The van der Waals surface area contributed by atoms with Crippen molar-refractivity contribution < 1.29 is 0 Å². The molecule has 0 aliphatic heterocycles. The van der Waals surface area contributed by atoms with Gasteiger partial charge < -0.3 is 0 Å². The van der Waals surface area contributed by atoms with E-state index in [-0.39, 0.29) is 0 Å². The maximum absolute atomic E-state index is 5.93. The van der Waals surface area contributed by atoms with Crippen LogP contribution in [0.3, 0.4) is 0 Å². The maximum Gasteiger partial charge on any atom is 0.110 e. The molecule has 1 aromatic carbocycles. The summed E-state index contributed by atoms with van der Waals surface area (Å²) in [5.41, 5.74) is 0.763. The number of H-pyrrole nitrogens is 1. The molecule has 5 heteroatoms. The highest BCUT2D eigenvalue weighted by Gasteiger charge is 2.07. The van der Waals surface area contributed by atoms with Crippen molar-refractivity contribution in [2.45, 2.75) is 0 Å². The lowest BCUT2D eigenvalue weighted by Gasteiger charge is -1.93. The van der Waals surface area contributed by atoms with E-state index in [1.54, 1.807) is 12.1 Å². The Morgan fingerprint density at radius 2 is 2.08 bits per heavy atom. The molecule has 62 valence electrons. The van der Waals surface area contributed by atoms with Crippen molar-refractivity contribution in [3.8, 4) is 0 Å². The van der Waals surface area contributed by atoms with E-state index in [9.17, 15) is 0 Å². The fourth-order valence-electron chi connectivity index (χ4n) is 1.03. The molecule has 0 aliphatic rings. The number of nitrogens with zero attached hydrogens (tertiary/aromatic N) is 1. The molecule has 1 N–H and O–H groups in total. The highest BCUT2D eigenvalue weighted by molar-refractivity contribution is 9.10. The summed E-state index contributed by atoms with van der Waals surface area (Å²) in [6.07, 6.45) is 0. The molecule has 0 saturated carbocycles. The number of benzene rings is 1. The lowest BCUT2D eigenvalue weighted by atomic mass is 10.2. The smallest absolute Gasteiger partial charge is 0.110 e. The molecule has 2 nitrogen and oxygen atoms in total. The van der Waals surface area contributed by atoms with E-state index in [4.69, 9.17) is 23.2 Å². The predicted molar refractivity (Wildman–Crippen MR) is 53.8 cm³/mol. The van der Waals surface area contributed by atoms with Crippen molar-refractivity contribution in [3.05, 3.63) is 26.8 Å². The molecule has 0 saturated heterocycles. The van der Waals surface area contributed by atoms with Gasteiger partial charge in [-0.05, 0) is 28.1 Å². The Morgan fingerprint density at radius 1 is 1.33 bits per heavy atom. The van der Waals surface area contributed by atoms with Gasteiger partial charge >= 0.3 is 0 Å². The number of aromatic nitrogens is 2. The largest absolute Gasteiger partial charge is 0.270 e. The standard InChI is InChI=1S/C7H3BrCl2N2/c8-7-6-4(10)1-3(9)2-5(6)11-12-7/h1-2H,(H,11,12). The molecule has 12 heavy (non-hydrogen) atoms. The fourth-order valence-corrected chi connectivity index (χ4v) is 2.23. The van der Waals surface area contributed by atoms with E-state index < -0.39 is 0 Å². The first kappa shape index (κ1) is 8.35. The monoisotopic (exact) mass is 264 g/mol. The second kappa shape index (κ2) is 2.91. The molecule has 0 atom stereocenters. The predicted octanol–water partition coefficient (Wildman–Crippen LogP) is 3.63. The summed E-state index contributed by atoms with van der Waals surface area (Å²) in [7, 11) is 0. The molecule has 1 heterocycles. The van der Waals surface area contributed by atoms with Crippen LogP contribution in [-0.2, 0) is 0 Å². The first-order valence-corrected chi connectivity index (χ1v) is 4.72. The molecule has 0 amide bonds. The summed E-state index contributed by atoms with van der Waals surface area (Å²) in [6, 6.07) is 3.44. The topological polar surface area (TPSA) is 28.7 Å². The van der Waals surface area contributed by atoms with Gasteiger partial charge in [0.1, 0.15) is 4.60 Å². The molecular weight excluding hydrogens is 263 g/mol. The van der Waals surface area contributed by atoms with Crippen LogP contribution in [0.1, 0.15) is 0 Å². The van der Waals surface area contributed by atoms with Gasteiger partial charge in [-0.25, -0.2) is 0 Å². The van der Waals surface area contributed by atoms with Crippen LogP contribution in [0.25, 0.3) is 10.9 Å². The van der Waals surface area contributed by atoms with Gasteiger partial charge in [-0.1, -0.05) is 23.2 Å². The zero-order valence-electron chi connectivity index (χ0n) is 5.74. The van der Waals surface area contributed by atoms with Gasteiger partial charge in [0.2, 0.25) is 0 Å². The molecule has 2 rings (SSSR count). The summed E-state index contributed by atoms with van der Waals surface area (Å²) in [4.78, 5) is 0. The van der Waals surface area contributed by atoms with Crippen molar-refractivity contribution in [2.75, 3.05) is 0 Å². The number of hydrogen-bond donors (Lipinski definition) is 1. The van der Waals surface area contributed by atoms with Gasteiger partial charge in [0, 0.05) is 5.02 Å². The van der Waals surface area contributed by atoms with Crippen molar-refractivity contribution in [1.82, 2.24) is 10.2 Å². The van der Waals surface area contributed by atoms with Crippen LogP contribution < -0.4 is 0 Å². The van der Waals surface area contributed by atoms with Crippen LogP contribution in [0.2, 0.25) is 10.0 Å². The number of rotatable bonds is 0. The number of hydrogen-bond acceptors (Lipinski definition) is 1. The minimum absolute atomic E-state index is 0.589. The van der Waals surface area contributed by atoms with Gasteiger partial charge in [0.15, 0.2) is 0 Å². The SMILES string of the molecule is Clc1cc(Cl)c2c(Br)[nH]nc2c1. The fraction of sp³-hybridized carbons (Fsp3) is 0. The van der Waals surface area contributed by atoms with E-state index in [1.807, 2.05) is 0 Å². The lowest BCUT2D eigenvalue weighted by Crippen LogP contribution is -1.70. The van der Waals surface area contributed by atoms with Gasteiger partial charge in [-0.15, -0.1) is 0 Å². The number of fused-ring (bicyclic) bond motifs is 1. The minimum atomic E-state index is 0.589. The Balaban J connectivity index is 2.93. The van der Waals surface area contributed by atoms with E-state index in [2.05, 4.69) is 26.1 Å². The van der Waals surface area contributed by atoms with Crippen molar-refractivity contribution >= 4 is 50.0 Å². The second-order valence-electron chi connectivity index (χ2n) is 2.32. The molecule has 0 spiro atoms. The van der Waals surface area contributed by atoms with Gasteiger partial charge in [-0.2, -0.15) is 5.10 Å². The lowest BCUT2D eigenvalue weighted by molar-refractivity contribution is 1.10. The van der Waals surface area contributed by atoms with Crippen LogP contribution in [0, 0.1) is 0 Å². The summed E-state index contributed by atoms with van der Waals surface area (Å²) in [6.45, 7) is 0. The zero-order valence-corrected chi connectivity index (χ0v) is 8.83. The minimum Gasteiger partial charge on any atom is -0.270 e. The van der Waals surface area contributed by atoms with Crippen molar-refractivity contribution in [1.29, 1.82) is 0 Å². The molecule has 0 bridgehead atoms. The Labute approximate surface area is 87.0 Å².